The van der Waals surface area contributed by atoms with Crippen LogP contribution < -0.4 is 10.2 Å². The van der Waals surface area contributed by atoms with Gasteiger partial charge in [0.2, 0.25) is 11.0 Å². The Balaban J connectivity index is 1.46. The van der Waals surface area contributed by atoms with E-state index in [-0.39, 0.29) is 37.2 Å². The summed E-state index contributed by atoms with van der Waals surface area (Å²) >= 11 is 1.28. The van der Waals surface area contributed by atoms with E-state index < -0.39 is 0 Å². The van der Waals surface area contributed by atoms with Gasteiger partial charge in [0.25, 0.3) is 11.8 Å². The van der Waals surface area contributed by atoms with Crippen LogP contribution >= 0.6 is 11.3 Å². The number of carbonyl (C=O) groups excluding carboxylic acids is 3. The quantitative estimate of drug-likeness (QED) is 0.528. The van der Waals surface area contributed by atoms with Crippen LogP contribution in [0.15, 0.2) is 52.8 Å². The topological polar surface area (TPSA) is 107 Å². The van der Waals surface area contributed by atoms with E-state index in [0.29, 0.717) is 10.8 Å². The first-order valence-corrected chi connectivity index (χ1v) is 9.68. The molecule has 0 atom stereocenters. The van der Waals surface area contributed by atoms with E-state index in [1.807, 2.05) is 43.3 Å². The van der Waals surface area contributed by atoms with Crippen LogP contribution in [0.2, 0.25) is 0 Å². The molecular formula is C19H20N6O3S. The number of nitrogens with zero attached hydrogens (tertiary/aromatic N) is 5. The second-order valence-electron chi connectivity index (χ2n) is 6.41. The van der Waals surface area contributed by atoms with E-state index in [1.165, 1.54) is 23.5 Å². The van der Waals surface area contributed by atoms with E-state index in [1.54, 1.807) is 6.20 Å². The van der Waals surface area contributed by atoms with Gasteiger partial charge < -0.3 is 10.2 Å². The summed E-state index contributed by atoms with van der Waals surface area (Å²) < 4.78 is 0. The molecule has 0 saturated heterocycles. The molecule has 1 aliphatic heterocycles. The summed E-state index contributed by atoms with van der Waals surface area (Å²) in [5.41, 5.74) is 1.78. The smallest absolute Gasteiger partial charge is 0.253 e. The zero-order valence-corrected chi connectivity index (χ0v) is 16.8. The summed E-state index contributed by atoms with van der Waals surface area (Å²) in [5, 5.41) is 11.4. The highest BCUT2D eigenvalue weighted by Gasteiger charge is 2.22. The molecule has 0 bridgehead atoms. The number of hydrogen-bond donors (Lipinski definition) is 1. The van der Waals surface area contributed by atoms with Gasteiger partial charge in [0.15, 0.2) is 0 Å². The minimum absolute atomic E-state index is 0.144. The molecule has 0 saturated carbocycles. The van der Waals surface area contributed by atoms with Crippen molar-refractivity contribution >= 4 is 45.6 Å². The third kappa shape index (κ3) is 5.55. The molecule has 10 heteroatoms. The van der Waals surface area contributed by atoms with Crippen molar-refractivity contribution in [2.24, 2.45) is 10.2 Å². The number of rotatable bonds is 8. The van der Waals surface area contributed by atoms with E-state index in [2.05, 4.69) is 20.5 Å². The fraction of sp³-hybridized carbons (Fsp3) is 0.263. The average Bonchev–Trinajstić information content (AvgIpc) is 3.27. The Morgan fingerprint density at radius 2 is 1.83 bits per heavy atom. The number of amides is 3. The molecule has 2 aromatic rings. The minimum Gasteiger partial charge on any atom is -0.378 e. The maximum absolute atomic E-state index is 12.0. The van der Waals surface area contributed by atoms with Crippen molar-refractivity contribution in [1.82, 2.24) is 15.2 Å². The maximum Gasteiger partial charge on any atom is 0.253 e. The van der Waals surface area contributed by atoms with E-state index >= 15 is 0 Å². The second kappa shape index (κ2) is 9.20. The lowest BCUT2D eigenvalue weighted by atomic mass is 10.3. The summed E-state index contributed by atoms with van der Waals surface area (Å²) in [6.45, 7) is 0.345. The fourth-order valence-corrected chi connectivity index (χ4v) is 3.25. The number of hydrogen-bond acceptors (Lipinski definition) is 8. The van der Waals surface area contributed by atoms with Crippen molar-refractivity contribution in [3.05, 3.63) is 47.5 Å². The Bertz CT molecular complexity index is 947. The van der Waals surface area contributed by atoms with Gasteiger partial charge >= 0.3 is 0 Å². The third-order valence-electron chi connectivity index (χ3n) is 4.05. The number of aromatic nitrogens is 1. The van der Waals surface area contributed by atoms with Crippen molar-refractivity contribution < 1.29 is 14.4 Å². The highest BCUT2D eigenvalue weighted by atomic mass is 32.1. The first-order chi connectivity index (χ1) is 13.9. The molecular weight excluding hydrogens is 392 g/mol. The van der Waals surface area contributed by atoms with Crippen molar-refractivity contribution in [3.63, 3.8) is 0 Å². The van der Waals surface area contributed by atoms with Gasteiger partial charge in [-0.3, -0.25) is 19.3 Å². The van der Waals surface area contributed by atoms with E-state index in [4.69, 9.17) is 0 Å². The molecule has 1 N–H and O–H groups in total. The van der Waals surface area contributed by atoms with Gasteiger partial charge in [-0.2, -0.15) is 0 Å². The van der Waals surface area contributed by atoms with Gasteiger partial charge in [-0.15, -0.1) is 10.2 Å². The normalized spacial score (nSPS) is 13.5. The highest BCUT2D eigenvalue weighted by Crippen LogP contribution is 2.25. The van der Waals surface area contributed by atoms with E-state index in [0.717, 1.165) is 15.5 Å². The number of thiazole rings is 1. The van der Waals surface area contributed by atoms with Crippen molar-refractivity contribution in [2.75, 3.05) is 32.1 Å². The zero-order valence-electron chi connectivity index (χ0n) is 16.0. The van der Waals surface area contributed by atoms with Crippen molar-refractivity contribution in [2.45, 2.75) is 6.42 Å². The van der Waals surface area contributed by atoms with Crippen LogP contribution in [0.1, 0.15) is 4.88 Å². The predicted octanol–water partition coefficient (Wildman–Crippen LogP) is 2.21. The first kappa shape index (κ1) is 20.3. The lowest BCUT2D eigenvalue weighted by Gasteiger charge is -2.13. The SMILES string of the molecule is CN(C)c1ccc(N=Nc2ncc(CC(=O)NCCN3C(=O)C=CC3=O)s2)cc1. The molecule has 0 spiro atoms. The lowest BCUT2D eigenvalue weighted by Crippen LogP contribution is -2.38. The molecule has 150 valence electrons. The molecule has 1 aromatic heterocycles. The molecule has 1 aliphatic rings. The first-order valence-electron chi connectivity index (χ1n) is 8.86. The van der Waals surface area contributed by atoms with Crippen LogP contribution in [0, 0.1) is 0 Å². The summed E-state index contributed by atoms with van der Waals surface area (Å²) in [6.07, 6.45) is 4.17. The zero-order chi connectivity index (χ0) is 20.8. The Labute approximate surface area is 171 Å². The van der Waals surface area contributed by atoms with Gasteiger partial charge in [-0.05, 0) is 24.3 Å². The summed E-state index contributed by atoms with van der Waals surface area (Å²) in [6, 6.07) is 7.63. The minimum atomic E-state index is -0.363. The molecule has 2 heterocycles. The molecule has 0 radical (unpaired) electrons. The molecule has 29 heavy (non-hydrogen) atoms. The number of nitrogens with one attached hydrogen (secondary N) is 1. The number of imide groups is 1. The standard InChI is InChI=1S/C19H20N6O3S/c1-24(2)14-5-3-13(4-6-14)22-23-19-21-12-15(29-19)11-16(26)20-9-10-25-17(27)7-8-18(25)28/h3-8,12H,9-11H2,1-2H3,(H,20,26). The van der Waals surface area contributed by atoms with Crippen molar-refractivity contribution in [1.29, 1.82) is 0 Å². The number of azo groups is 1. The maximum atomic E-state index is 12.0. The Hall–Kier alpha value is -3.40. The van der Waals surface area contributed by atoms with Gasteiger partial charge in [-0.1, -0.05) is 11.3 Å². The second-order valence-corrected chi connectivity index (χ2v) is 7.50. The van der Waals surface area contributed by atoms with Crippen LogP contribution in [-0.2, 0) is 20.8 Å². The Kier molecular flexibility index (Phi) is 6.45. The molecule has 9 nitrogen and oxygen atoms in total. The van der Waals surface area contributed by atoms with Gasteiger partial charge in [-0.25, -0.2) is 4.98 Å². The molecule has 0 aliphatic carbocycles. The Morgan fingerprint density at radius 3 is 2.48 bits per heavy atom. The molecule has 3 amide bonds. The number of benzene rings is 1. The highest BCUT2D eigenvalue weighted by molar-refractivity contribution is 7.15. The van der Waals surface area contributed by atoms with Crippen LogP contribution in [0.4, 0.5) is 16.5 Å². The van der Waals surface area contributed by atoms with Gasteiger partial charge in [0, 0.05) is 56.1 Å². The summed E-state index contributed by atoms with van der Waals surface area (Å²) in [5.74, 6) is -0.945. The lowest BCUT2D eigenvalue weighted by molar-refractivity contribution is -0.137. The molecule has 0 fully saturated rings. The van der Waals surface area contributed by atoms with Crippen LogP contribution in [0.3, 0.4) is 0 Å². The molecule has 0 unspecified atom stereocenters. The average molecular weight is 412 g/mol. The fourth-order valence-electron chi connectivity index (χ4n) is 2.52. The monoisotopic (exact) mass is 412 g/mol. The van der Waals surface area contributed by atoms with Crippen molar-refractivity contribution in [3.8, 4) is 0 Å². The number of anilines is 1. The van der Waals surface area contributed by atoms with Gasteiger partial charge in [0.1, 0.15) is 0 Å². The Morgan fingerprint density at radius 1 is 1.14 bits per heavy atom. The summed E-state index contributed by atoms with van der Waals surface area (Å²) in [7, 11) is 3.93. The molecule has 3 rings (SSSR count). The van der Waals surface area contributed by atoms with Gasteiger partial charge in [0.05, 0.1) is 12.1 Å². The largest absolute Gasteiger partial charge is 0.378 e. The third-order valence-corrected chi connectivity index (χ3v) is 4.93. The van der Waals surface area contributed by atoms with Crippen LogP contribution in [-0.4, -0.2) is 54.8 Å². The summed E-state index contributed by atoms with van der Waals surface area (Å²) in [4.78, 5) is 42.9. The molecule has 1 aromatic carbocycles. The van der Waals surface area contributed by atoms with Crippen LogP contribution in [0.25, 0.3) is 0 Å². The predicted molar refractivity (Wildman–Crippen MR) is 110 cm³/mol. The number of carbonyl (C=O) groups is 3. The van der Waals surface area contributed by atoms with Crippen LogP contribution in [0.5, 0.6) is 0 Å². The van der Waals surface area contributed by atoms with E-state index in [9.17, 15) is 14.4 Å².